The topological polar surface area (TPSA) is 106 Å². The Morgan fingerprint density at radius 1 is 1.00 bits per heavy atom. The zero-order valence-electron chi connectivity index (χ0n) is 20.1. The first-order valence-electron chi connectivity index (χ1n) is 11.3. The second kappa shape index (κ2) is 11.5. The Morgan fingerprint density at radius 3 is 2.39 bits per heavy atom. The Morgan fingerprint density at radius 2 is 1.74 bits per heavy atom. The summed E-state index contributed by atoms with van der Waals surface area (Å²) in [5.41, 5.74) is 0.534. The molecule has 196 valence electrons. The molecule has 11 heteroatoms. The van der Waals surface area contributed by atoms with E-state index < -0.39 is 21.8 Å². The van der Waals surface area contributed by atoms with Crippen molar-refractivity contribution in [2.24, 2.45) is 0 Å². The Bertz CT molecular complexity index is 1560. The fraction of sp³-hybridized carbons (Fsp3) is 0.111. The van der Waals surface area contributed by atoms with Crippen LogP contribution in [0.2, 0.25) is 5.02 Å². The van der Waals surface area contributed by atoms with Gasteiger partial charge >= 0.3 is 10.1 Å². The van der Waals surface area contributed by atoms with Crippen LogP contribution in [0.3, 0.4) is 0 Å². The van der Waals surface area contributed by atoms with Crippen molar-refractivity contribution in [1.29, 1.82) is 0 Å². The molecule has 8 nitrogen and oxygen atoms in total. The van der Waals surface area contributed by atoms with Gasteiger partial charge < -0.3 is 18.8 Å². The predicted molar refractivity (Wildman–Crippen MR) is 139 cm³/mol. The molecule has 0 radical (unpaired) electrons. The quantitative estimate of drug-likeness (QED) is 0.267. The molecule has 2 amide bonds. The van der Waals surface area contributed by atoms with Gasteiger partial charge in [-0.2, -0.15) is 8.42 Å². The number of rotatable bonds is 9. The summed E-state index contributed by atoms with van der Waals surface area (Å²) in [6.07, 6.45) is 1.44. The number of hydrogen-bond donors (Lipinski definition) is 1. The van der Waals surface area contributed by atoms with Crippen LogP contribution in [0.1, 0.15) is 28.6 Å². The van der Waals surface area contributed by atoms with Crippen molar-refractivity contribution in [3.8, 4) is 5.75 Å². The fourth-order valence-electron chi connectivity index (χ4n) is 3.63. The Hall–Kier alpha value is -4.15. The van der Waals surface area contributed by atoms with E-state index in [4.69, 9.17) is 20.2 Å². The number of nitrogens with one attached hydrogen (secondary N) is 1. The standard InChI is InChI=1S/C27H22ClFN2O6S/c1-18(32)30-21-9-11-23(12-10-21)38(34,35)37-26-13-8-20(28)15-19(26)16-31(17-22-5-4-14-36-22)27(33)24-6-2-3-7-25(24)29/h2-15H,16-17H2,1H3,(H,30,32). The van der Waals surface area contributed by atoms with Gasteiger partial charge in [0.1, 0.15) is 22.2 Å². The molecule has 0 saturated carbocycles. The van der Waals surface area contributed by atoms with Crippen LogP contribution < -0.4 is 9.50 Å². The van der Waals surface area contributed by atoms with Crippen molar-refractivity contribution in [2.45, 2.75) is 24.9 Å². The summed E-state index contributed by atoms with van der Waals surface area (Å²) in [5, 5.41) is 2.83. The Kier molecular flexibility index (Phi) is 8.13. The minimum absolute atomic E-state index is 0.0243. The molecule has 0 atom stereocenters. The van der Waals surface area contributed by atoms with Crippen molar-refractivity contribution in [1.82, 2.24) is 4.90 Å². The number of furan rings is 1. The van der Waals surface area contributed by atoms with Crippen molar-refractivity contribution in [3.63, 3.8) is 0 Å². The average molecular weight is 557 g/mol. The number of carbonyl (C=O) groups excluding carboxylic acids is 2. The van der Waals surface area contributed by atoms with E-state index in [0.29, 0.717) is 11.4 Å². The van der Waals surface area contributed by atoms with Gasteiger partial charge in [0.2, 0.25) is 5.91 Å². The number of hydrogen-bond acceptors (Lipinski definition) is 6. The third-order valence-corrected chi connectivity index (χ3v) is 6.85. The third-order valence-electron chi connectivity index (χ3n) is 5.36. The SMILES string of the molecule is CC(=O)Nc1ccc(S(=O)(=O)Oc2ccc(Cl)cc2CN(Cc2ccco2)C(=O)c2ccccc2F)cc1. The van der Waals surface area contributed by atoms with Crippen LogP contribution in [0, 0.1) is 5.82 Å². The van der Waals surface area contributed by atoms with Gasteiger partial charge in [0, 0.05) is 23.2 Å². The molecule has 1 aromatic heterocycles. The monoisotopic (exact) mass is 556 g/mol. The highest BCUT2D eigenvalue weighted by Gasteiger charge is 2.24. The highest BCUT2D eigenvalue weighted by molar-refractivity contribution is 7.87. The molecule has 38 heavy (non-hydrogen) atoms. The van der Waals surface area contributed by atoms with Gasteiger partial charge in [0.15, 0.2) is 0 Å². The van der Waals surface area contributed by atoms with Gasteiger partial charge in [-0.15, -0.1) is 0 Å². The molecule has 0 spiro atoms. The Balaban J connectivity index is 1.65. The van der Waals surface area contributed by atoms with Gasteiger partial charge in [0.05, 0.1) is 24.9 Å². The van der Waals surface area contributed by atoms with E-state index in [1.165, 1.54) is 78.8 Å². The zero-order chi connectivity index (χ0) is 27.3. The predicted octanol–water partition coefficient (Wildman–Crippen LogP) is 5.64. The first-order valence-corrected chi connectivity index (χ1v) is 13.1. The zero-order valence-corrected chi connectivity index (χ0v) is 21.6. The molecular weight excluding hydrogens is 535 g/mol. The number of amides is 2. The molecule has 0 saturated heterocycles. The summed E-state index contributed by atoms with van der Waals surface area (Å²) in [6.45, 7) is 1.14. The van der Waals surface area contributed by atoms with Crippen LogP contribution in [-0.4, -0.2) is 25.1 Å². The first-order chi connectivity index (χ1) is 18.1. The molecule has 0 aliphatic rings. The molecule has 1 N–H and O–H groups in total. The summed E-state index contributed by atoms with van der Waals surface area (Å²) in [4.78, 5) is 25.7. The van der Waals surface area contributed by atoms with Crippen molar-refractivity contribution in [2.75, 3.05) is 5.32 Å². The highest BCUT2D eigenvalue weighted by Crippen LogP contribution is 2.29. The van der Waals surface area contributed by atoms with E-state index in [1.54, 1.807) is 18.2 Å². The van der Waals surface area contributed by atoms with Gasteiger partial charge in [-0.25, -0.2) is 4.39 Å². The smallest absolute Gasteiger partial charge is 0.339 e. The van der Waals surface area contributed by atoms with E-state index in [9.17, 15) is 22.4 Å². The molecule has 0 fully saturated rings. The number of anilines is 1. The summed E-state index contributed by atoms with van der Waals surface area (Å²) in [6, 6.07) is 18.6. The van der Waals surface area contributed by atoms with Crippen molar-refractivity contribution >= 4 is 39.2 Å². The van der Waals surface area contributed by atoms with E-state index in [2.05, 4.69) is 5.32 Å². The number of nitrogens with zero attached hydrogens (tertiary/aromatic N) is 1. The largest absolute Gasteiger partial charge is 0.467 e. The number of carbonyl (C=O) groups is 2. The van der Waals surface area contributed by atoms with Crippen molar-refractivity contribution in [3.05, 3.63) is 113 Å². The summed E-state index contributed by atoms with van der Waals surface area (Å²) < 4.78 is 51.3. The molecule has 0 unspecified atom stereocenters. The third kappa shape index (κ3) is 6.58. The normalized spacial score (nSPS) is 11.1. The molecule has 0 bridgehead atoms. The summed E-state index contributed by atoms with van der Waals surface area (Å²) >= 11 is 6.19. The maximum Gasteiger partial charge on any atom is 0.339 e. The minimum atomic E-state index is -4.30. The first kappa shape index (κ1) is 26.9. The highest BCUT2D eigenvalue weighted by atomic mass is 35.5. The van der Waals surface area contributed by atoms with E-state index in [-0.39, 0.29) is 45.8 Å². The van der Waals surface area contributed by atoms with Crippen LogP contribution in [-0.2, 0) is 28.0 Å². The minimum Gasteiger partial charge on any atom is -0.467 e. The van der Waals surface area contributed by atoms with E-state index in [1.807, 2.05) is 0 Å². The van der Waals surface area contributed by atoms with Gasteiger partial charge in [-0.3, -0.25) is 9.59 Å². The number of benzene rings is 3. The second-order valence-corrected chi connectivity index (χ2v) is 10.2. The molecule has 4 rings (SSSR count). The Labute approximate surface area is 223 Å². The lowest BCUT2D eigenvalue weighted by atomic mass is 10.1. The lowest BCUT2D eigenvalue weighted by Crippen LogP contribution is -2.31. The molecule has 4 aromatic rings. The molecule has 0 aliphatic carbocycles. The van der Waals surface area contributed by atoms with Crippen LogP contribution in [0.4, 0.5) is 10.1 Å². The average Bonchev–Trinajstić information content (AvgIpc) is 3.38. The maximum absolute atomic E-state index is 14.5. The van der Waals surface area contributed by atoms with Gasteiger partial charge in [-0.05, 0) is 66.7 Å². The molecular formula is C27H22ClFN2O6S. The van der Waals surface area contributed by atoms with E-state index >= 15 is 0 Å². The van der Waals surface area contributed by atoms with Crippen LogP contribution in [0.15, 0.2) is 94.4 Å². The molecule has 1 heterocycles. The maximum atomic E-state index is 14.5. The lowest BCUT2D eigenvalue weighted by molar-refractivity contribution is -0.114. The summed E-state index contributed by atoms with van der Waals surface area (Å²) in [7, 11) is -4.30. The van der Waals surface area contributed by atoms with Crippen LogP contribution in [0.5, 0.6) is 5.75 Å². The van der Waals surface area contributed by atoms with Crippen molar-refractivity contribution < 1.29 is 31.0 Å². The molecule has 3 aromatic carbocycles. The molecule has 0 aliphatic heterocycles. The van der Waals surface area contributed by atoms with Gasteiger partial charge in [-0.1, -0.05) is 23.7 Å². The van der Waals surface area contributed by atoms with Crippen LogP contribution in [0.25, 0.3) is 0 Å². The van der Waals surface area contributed by atoms with Crippen LogP contribution >= 0.6 is 11.6 Å². The summed E-state index contributed by atoms with van der Waals surface area (Å²) in [5.74, 6) is -1.26. The lowest BCUT2D eigenvalue weighted by Gasteiger charge is -2.23. The fourth-order valence-corrected chi connectivity index (χ4v) is 4.79. The second-order valence-electron chi connectivity index (χ2n) is 8.22. The van der Waals surface area contributed by atoms with E-state index in [0.717, 1.165) is 0 Å². The van der Waals surface area contributed by atoms with Gasteiger partial charge in [0.25, 0.3) is 5.91 Å². The number of halogens is 2.